The van der Waals surface area contributed by atoms with E-state index >= 15 is 0 Å². The molecule has 0 saturated carbocycles. The number of thioether (sulfide) groups is 1. The van der Waals surface area contributed by atoms with Gasteiger partial charge < -0.3 is 10.1 Å². The number of cyclic esters (lactones) is 1. The molecule has 1 atom stereocenters. The number of amides is 1. The molecule has 5 heteroatoms. The van der Waals surface area contributed by atoms with Crippen molar-refractivity contribution >= 4 is 23.6 Å². The van der Waals surface area contributed by atoms with Gasteiger partial charge in [0, 0.05) is 12.2 Å². The van der Waals surface area contributed by atoms with Gasteiger partial charge in [-0.1, -0.05) is 30.3 Å². The van der Waals surface area contributed by atoms with Crippen molar-refractivity contribution in [2.75, 3.05) is 12.4 Å². The van der Waals surface area contributed by atoms with Crippen LogP contribution in [0.1, 0.15) is 12.0 Å². The van der Waals surface area contributed by atoms with Crippen molar-refractivity contribution in [2.45, 2.75) is 18.2 Å². The van der Waals surface area contributed by atoms with E-state index in [1.54, 1.807) is 0 Å². The average Bonchev–Trinajstić information content (AvgIpc) is 2.76. The highest BCUT2D eigenvalue weighted by atomic mass is 32.2. The van der Waals surface area contributed by atoms with E-state index < -0.39 is 6.04 Å². The lowest BCUT2D eigenvalue weighted by atomic mass is 10.2. The molecule has 1 fully saturated rings. The molecule has 0 radical (unpaired) electrons. The smallest absolute Gasteiger partial charge is 0.328 e. The lowest BCUT2D eigenvalue weighted by molar-refractivity contribution is -0.141. The van der Waals surface area contributed by atoms with Crippen molar-refractivity contribution in [2.24, 2.45) is 0 Å². The Hall–Kier alpha value is -1.49. The first kappa shape index (κ1) is 13.0. The van der Waals surface area contributed by atoms with Crippen LogP contribution < -0.4 is 5.32 Å². The van der Waals surface area contributed by atoms with E-state index in [2.05, 4.69) is 5.32 Å². The maximum Gasteiger partial charge on any atom is 0.328 e. The first-order valence-corrected chi connectivity index (χ1v) is 6.99. The molecule has 0 aromatic heterocycles. The van der Waals surface area contributed by atoms with E-state index in [9.17, 15) is 9.59 Å². The largest absolute Gasteiger partial charge is 0.464 e. The Bertz CT molecular complexity index is 422. The Morgan fingerprint density at radius 2 is 2.17 bits per heavy atom. The van der Waals surface area contributed by atoms with Gasteiger partial charge in [-0.3, -0.25) is 4.79 Å². The molecule has 2 rings (SSSR count). The van der Waals surface area contributed by atoms with Crippen molar-refractivity contribution in [1.82, 2.24) is 5.32 Å². The topological polar surface area (TPSA) is 55.4 Å². The van der Waals surface area contributed by atoms with Gasteiger partial charge in [0.2, 0.25) is 5.91 Å². The minimum atomic E-state index is -0.449. The Kier molecular flexibility index (Phi) is 4.64. The van der Waals surface area contributed by atoms with Gasteiger partial charge in [-0.25, -0.2) is 4.79 Å². The number of hydrogen-bond donors (Lipinski definition) is 1. The van der Waals surface area contributed by atoms with Gasteiger partial charge in [0.1, 0.15) is 6.04 Å². The summed E-state index contributed by atoms with van der Waals surface area (Å²) in [6.07, 6.45) is 0.577. The van der Waals surface area contributed by atoms with Gasteiger partial charge in [0.15, 0.2) is 0 Å². The molecule has 0 aliphatic carbocycles. The third-order valence-corrected chi connectivity index (χ3v) is 3.62. The summed E-state index contributed by atoms with van der Waals surface area (Å²) < 4.78 is 4.78. The van der Waals surface area contributed by atoms with Gasteiger partial charge in [-0.05, 0) is 5.56 Å². The lowest BCUT2D eigenvalue weighted by Gasteiger charge is -2.08. The van der Waals surface area contributed by atoms with Crippen molar-refractivity contribution < 1.29 is 14.3 Å². The fourth-order valence-electron chi connectivity index (χ4n) is 1.70. The van der Waals surface area contributed by atoms with Crippen LogP contribution in [0, 0.1) is 0 Å². The van der Waals surface area contributed by atoms with Gasteiger partial charge in [0.05, 0.1) is 12.4 Å². The molecule has 18 heavy (non-hydrogen) atoms. The summed E-state index contributed by atoms with van der Waals surface area (Å²) in [5, 5.41) is 2.68. The van der Waals surface area contributed by atoms with Crippen molar-refractivity contribution in [3.8, 4) is 0 Å². The number of benzene rings is 1. The number of nitrogens with one attached hydrogen (secondary N) is 1. The molecule has 1 heterocycles. The number of hydrogen-bond acceptors (Lipinski definition) is 4. The van der Waals surface area contributed by atoms with E-state index in [0.717, 1.165) is 5.75 Å². The fraction of sp³-hybridized carbons (Fsp3) is 0.385. The van der Waals surface area contributed by atoms with E-state index in [0.29, 0.717) is 18.8 Å². The molecule has 1 unspecified atom stereocenters. The van der Waals surface area contributed by atoms with Crippen LogP contribution in [-0.4, -0.2) is 30.3 Å². The van der Waals surface area contributed by atoms with Crippen LogP contribution in [0.3, 0.4) is 0 Å². The fourth-order valence-corrected chi connectivity index (χ4v) is 2.50. The number of ether oxygens (including phenoxy) is 1. The molecule has 1 aliphatic rings. The predicted molar refractivity (Wildman–Crippen MR) is 70.1 cm³/mol. The normalized spacial score (nSPS) is 18.4. The quantitative estimate of drug-likeness (QED) is 0.817. The van der Waals surface area contributed by atoms with Crippen LogP contribution in [0.25, 0.3) is 0 Å². The first-order chi connectivity index (χ1) is 8.75. The highest BCUT2D eigenvalue weighted by Gasteiger charge is 2.27. The van der Waals surface area contributed by atoms with Crippen LogP contribution in [0.2, 0.25) is 0 Å². The van der Waals surface area contributed by atoms with Crippen LogP contribution in [-0.2, 0) is 20.1 Å². The maximum atomic E-state index is 11.6. The molecule has 96 valence electrons. The minimum absolute atomic E-state index is 0.111. The van der Waals surface area contributed by atoms with Crippen molar-refractivity contribution in [3.05, 3.63) is 35.9 Å². The maximum absolute atomic E-state index is 11.6. The second kappa shape index (κ2) is 6.44. The summed E-state index contributed by atoms with van der Waals surface area (Å²) in [4.78, 5) is 22.8. The molecular formula is C13H15NO3S. The number of rotatable bonds is 5. The third kappa shape index (κ3) is 3.77. The summed E-state index contributed by atoms with van der Waals surface area (Å²) in [7, 11) is 0. The SMILES string of the molecule is O=C(CSCc1ccccc1)NC1CCOC1=O. The van der Waals surface area contributed by atoms with Gasteiger partial charge in [0.25, 0.3) is 0 Å². The molecule has 1 amide bonds. The summed E-state index contributed by atoms with van der Waals surface area (Å²) in [5.74, 6) is 0.721. The standard InChI is InChI=1S/C13H15NO3S/c15-12(14-11-6-7-17-13(11)16)9-18-8-10-4-2-1-3-5-10/h1-5,11H,6-9H2,(H,14,15). The zero-order valence-corrected chi connectivity index (χ0v) is 10.7. The summed E-state index contributed by atoms with van der Waals surface area (Å²) >= 11 is 1.53. The van der Waals surface area contributed by atoms with E-state index in [1.807, 2.05) is 30.3 Å². The second-order valence-corrected chi connectivity index (χ2v) is 5.04. The summed E-state index contributed by atoms with van der Waals surface area (Å²) in [6.45, 7) is 0.404. The van der Waals surface area contributed by atoms with Crippen LogP contribution >= 0.6 is 11.8 Å². The molecule has 0 bridgehead atoms. The molecular weight excluding hydrogens is 250 g/mol. The highest BCUT2D eigenvalue weighted by Crippen LogP contribution is 2.12. The third-order valence-electron chi connectivity index (χ3n) is 2.62. The molecule has 1 aromatic carbocycles. The molecule has 0 spiro atoms. The molecule has 1 saturated heterocycles. The van der Waals surface area contributed by atoms with Crippen molar-refractivity contribution in [1.29, 1.82) is 0 Å². The highest BCUT2D eigenvalue weighted by molar-refractivity contribution is 7.99. The Labute approximate surface area is 110 Å². The van der Waals surface area contributed by atoms with Gasteiger partial charge in [-0.15, -0.1) is 11.8 Å². The van der Waals surface area contributed by atoms with E-state index in [1.165, 1.54) is 17.3 Å². The van der Waals surface area contributed by atoms with Crippen LogP contribution in [0.5, 0.6) is 0 Å². The lowest BCUT2D eigenvalue weighted by Crippen LogP contribution is -2.38. The van der Waals surface area contributed by atoms with Crippen molar-refractivity contribution in [3.63, 3.8) is 0 Å². The van der Waals surface area contributed by atoms with Gasteiger partial charge >= 0.3 is 5.97 Å². The monoisotopic (exact) mass is 265 g/mol. The Morgan fingerprint density at radius 3 is 2.83 bits per heavy atom. The van der Waals surface area contributed by atoms with Crippen LogP contribution in [0.15, 0.2) is 30.3 Å². The molecule has 1 aromatic rings. The predicted octanol–water partition coefficient (Wildman–Crippen LogP) is 1.35. The zero-order chi connectivity index (χ0) is 12.8. The average molecular weight is 265 g/mol. The number of carbonyl (C=O) groups is 2. The molecule has 1 aliphatic heterocycles. The molecule has 4 nitrogen and oxygen atoms in total. The summed E-state index contributed by atoms with van der Waals surface area (Å²) in [6, 6.07) is 9.52. The minimum Gasteiger partial charge on any atom is -0.464 e. The Balaban J connectivity index is 1.67. The zero-order valence-electron chi connectivity index (χ0n) is 9.93. The Morgan fingerprint density at radius 1 is 1.39 bits per heavy atom. The van der Waals surface area contributed by atoms with Gasteiger partial charge in [-0.2, -0.15) is 0 Å². The molecule has 1 N–H and O–H groups in total. The number of carbonyl (C=O) groups excluding carboxylic acids is 2. The van der Waals surface area contributed by atoms with E-state index in [-0.39, 0.29) is 11.9 Å². The van der Waals surface area contributed by atoms with Crippen LogP contribution in [0.4, 0.5) is 0 Å². The second-order valence-electron chi connectivity index (χ2n) is 4.05. The summed E-state index contributed by atoms with van der Waals surface area (Å²) in [5.41, 5.74) is 1.19. The number of esters is 1. The first-order valence-electron chi connectivity index (χ1n) is 5.83. The van der Waals surface area contributed by atoms with E-state index in [4.69, 9.17) is 4.74 Å².